The molecule has 4 rings (SSSR count). The monoisotopic (exact) mass is 810 g/mol. The van der Waals surface area contributed by atoms with Crippen LogP contribution in [0.4, 0.5) is 51.2 Å². The summed E-state index contributed by atoms with van der Waals surface area (Å²) in [5.74, 6) is 0.184. The first-order valence-corrected chi connectivity index (χ1v) is 22.7. The van der Waals surface area contributed by atoms with Gasteiger partial charge in [-0.3, -0.25) is 0 Å². The third-order valence-electron chi connectivity index (χ3n) is 12.6. The van der Waals surface area contributed by atoms with Gasteiger partial charge in [0.25, 0.3) is 0 Å². The second-order valence-electron chi connectivity index (χ2n) is 18.7. The molecule has 0 saturated heterocycles. The average Bonchev–Trinajstić information content (AvgIpc) is 3.29. The molecule has 1 aliphatic rings. The van der Waals surface area contributed by atoms with Crippen LogP contribution < -0.4 is 59.7 Å². The molecule has 0 spiro atoms. The Morgan fingerprint density at radius 3 is 0.759 bits per heavy atom. The number of hydrogen-bond acceptors (Lipinski definition) is 9. The van der Waals surface area contributed by atoms with E-state index >= 15 is 0 Å². The average molecular weight is 810 g/mol. The number of nitrogens with zero attached hydrogens (tertiary/aromatic N) is 9. The van der Waals surface area contributed by atoms with Crippen LogP contribution in [-0.4, -0.2) is 135 Å². The third-order valence-corrected chi connectivity index (χ3v) is 18.0. The topological polar surface area (TPSA) is 29.2 Å². The van der Waals surface area contributed by atoms with Crippen molar-refractivity contribution in [1.29, 1.82) is 0 Å². The summed E-state index contributed by atoms with van der Waals surface area (Å²) >= 11 is 0. The number of benzene rings is 3. The molecule has 0 bridgehead atoms. The van der Waals surface area contributed by atoms with Crippen LogP contribution in [0.2, 0.25) is 0 Å². The molecular weight excluding hydrogens is 731 g/mol. The summed E-state index contributed by atoms with van der Waals surface area (Å²) in [6, 6.07) is 7.46. The van der Waals surface area contributed by atoms with Gasteiger partial charge in [0.15, 0.2) is 8.07 Å². The summed E-state index contributed by atoms with van der Waals surface area (Å²) in [6.07, 6.45) is 0. The lowest BCUT2D eigenvalue weighted by molar-refractivity contribution is 0.851. The normalized spacial score (nSPS) is 14.3. The van der Waals surface area contributed by atoms with Gasteiger partial charge in [0.2, 0.25) is 0 Å². The van der Waals surface area contributed by atoms with Crippen LogP contribution in [0.3, 0.4) is 0 Å². The van der Waals surface area contributed by atoms with Gasteiger partial charge < -0.3 is 44.1 Å². The van der Waals surface area contributed by atoms with Gasteiger partial charge in [-0.15, -0.1) is 0 Å². The zero-order valence-corrected chi connectivity index (χ0v) is 42.3. The van der Waals surface area contributed by atoms with Gasteiger partial charge in [-0.25, -0.2) is 0 Å². The fraction of sp³-hybridized carbons (Fsp3) is 0.542. The van der Waals surface area contributed by atoms with Crippen LogP contribution >= 0.6 is 0 Å². The summed E-state index contributed by atoms with van der Waals surface area (Å²) in [5.41, 5.74) is 19.4. The molecule has 0 heterocycles. The molecule has 0 aliphatic heterocycles. The first-order valence-electron chi connectivity index (χ1n) is 20.7. The fourth-order valence-corrected chi connectivity index (χ4v) is 17.5. The summed E-state index contributed by atoms with van der Waals surface area (Å²) in [7, 11) is 36.7. The van der Waals surface area contributed by atoms with Gasteiger partial charge >= 0.3 is 0 Å². The molecule has 10 heteroatoms. The third kappa shape index (κ3) is 7.17. The van der Waals surface area contributed by atoms with Crippen molar-refractivity contribution >= 4 is 74.8 Å². The lowest BCUT2D eigenvalue weighted by Gasteiger charge is -2.49. The van der Waals surface area contributed by atoms with Crippen molar-refractivity contribution in [3.8, 4) is 0 Å². The van der Waals surface area contributed by atoms with Gasteiger partial charge in [-0.1, -0.05) is 23.3 Å². The van der Waals surface area contributed by atoms with Crippen molar-refractivity contribution in [3.05, 3.63) is 56.8 Å². The van der Waals surface area contributed by atoms with E-state index < -0.39 is 8.07 Å². The number of hydrogen-bond donors (Lipinski definition) is 0. The quantitative estimate of drug-likeness (QED) is 0.142. The van der Waals surface area contributed by atoms with Crippen molar-refractivity contribution < 1.29 is 0 Å². The van der Waals surface area contributed by atoms with E-state index in [1.165, 1.54) is 100 Å². The van der Waals surface area contributed by atoms with E-state index in [-0.39, 0.29) is 5.92 Å². The molecule has 1 atom stereocenters. The van der Waals surface area contributed by atoms with Crippen molar-refractivity contribution in [2.24, 2.45) is 5.92 Å². The summed E-state index contributed by atoms with van der Waals surface area (Å²) in [6.45, 7) is 16.6. The number of rotatable bonds is 13. The lowest BCUT2D eigenvalue weighted by Crippen LogP contribution is -2.73. The summed E-state index contributed by atoms with van der Waals surface area (Å²) in [5, 5.41) is 5.81. The molecular formula is C48H79N9Si. The van der Waals surface area contributed by atoms with E-state index in [0.29, 0.717) is 0 Å². The highest BCUT2D eigenvalue weighted by Gasteiger charge is 2.57. The zero-order valence-electron chi connectivity index (χ0n) is 41.3. The molecule has 0 aromatic heterocycles. The molecule has 0 N–H and O–H groups in total. The number of anilines is 9. The minimum atomic E-state index is -3.64. The van der Waals surface area contributed by atoms with Crippen molar-refractivity contribution in [3.63, 3.8) is 0 Å². The van der Waals surface area contributed by atoms with E-state index in [1.807, 2.05) is 0 Å². The predicted octanol–water partition coefficient (Wildman–Crippen LogP) is 6.52. The van der Waals surface area contributed by atoms with E-state index in [1.54, 1.807) is 5.20 Å². The second-order valence-corrected chi connectivity index (χ2v) is 22.3. The maximum Gasteiger partial charge on any atom is 0.191 e. The summed E-state index contributed by atoms with van der Waals surface area (Å²) in [4.78, 5) is 21.5. The van der Waals surface area contributed by atoms with Crippen LogP contribution in [0, 0.1) is 26.7 Å². The molecule has 0 saturated carbocycles. The van der Waals surface area contributed by atoms with Gasteiger partial charge in [0.1, 0.15) is 0 Å². The Hall–Kier alpha value is -4.44. The number of allylic oxidation sites excluding steroid dienone is 4. The van der Waals surface area contributed by atoms with E-state index in [0.717, 1.165) is 0 Å². The Kier molecular flexibility index (Phi) is 13.3. The first kappa shape index (κ1) is 46.2. The molecule has 9 nitrogen and oxygen atoms in total. The van der Waals surface area contributed by atoms with Crippen LogP contribution in [-0.2, 0) is 0 Å². The smallest absolute Gasteiger partial charge is 0.191 e. The van der Waals surface area contributed by atoms with Crippen LogP contribution in [0.1, 0.15) is 44.4 Å². The molecule has 0 radical (unpaired) electrons. The highest BCUT2D eigenvalue weighted by Crippen LogP contribution is 2.50. The molecule has 320 valence electrons. The van der Waals surface area contributed by atoms with E-state index in [2.05, 4.69) is 238 Å². The Morgan fingerprint density at radius 2 is 0.586 bits per heavy atom. The van der Waals surface area contributed by atoms with Gasteiger partial charge in [0.05, 0.1) is 34.1 Å². The van der Waals surface area contributed by atoms with Crippen molar-refractivity contribution in [2.75, 3.05) is 171 Å². The standard InChI is InChI=1S/C48H79N9Si/c1-29-26-36(49(8)9)46(42(55(20)21)39(29)52(14)15)58(45-34(6)32(4)33(5)35(45)7,47-37(50(10)11)27-30(2)40(53(16)17)43(47)56(22)23)48-38(51(12)13)28-31(3)41(54(18)19)44(48)57(24)25/h26-28,34H,1-25H3. The van der Waals surface area contributed by atoms with Gasteiger partial charge in [-0.05, 0) is 87.9 Å². The van der Waals surface area contributed by atoms with Gasteiger partial charge in [0, 0.05) is 159 Å². The van der Waals surface area contributed by atoms with E-state index in [9.17, 15) is 0 Å². The van der Waals surface area contributed by atoms with Crippen molar-refractivity contribution in [1.82, 2.24) is 0 Å². The minimum Gasteiger partial charge on any atom is -0.378 e. The van der Waals surface area contributed by atoms with Crippen LogP contribution in [0.15, 0.2) is 40.1 Å². The fourth-order valence-electron chi connectivity index (χ4n) is 10.2. The van der Waals surface area contributed by atoms with Crippen LogP contribution in [0.5, 0.6) is 0 Å². The minimum absolute atomic E-state index is 0.184. The number of aryl methyl sites for hydroxylation is 3. The lowest BCUT2D eigenvalue weighted by atomic mass is 10.1. The maximum atomic E-state index is 2.50. The van der Waals surface area contributed by atoms with Crippen molar-refractivity contribution in [2.45, 2.75) is 48.5 Å². The molecule has 3 aromatic rings. The van der Waals surface area contributed by atoms with E-state index in [4.69, 9.17) is 0 Å². The second kappa shape index (κ2) is 16.7. The molecule has 58 heavy (non-hydrogen) atoms. The molecule has 0 amide bonds. The Bertz CT molecular complexity index is 1920. The summed E-state index contributed by atoms with van der Waals surface area (Å²) < 4.78 is 0. The predicted molar refractivity (Wildman–Crippen MR) is 267 cm³/mol. The molecule has 0 fully saturated rings. The Labute approximate surface area is 355 Å². The SMILES string of the molecule is CC1=C(C)C(C)C([Si](c2c(N(C)C)cc(C)c(N(C)C)c2N(C)C)(c2c(N(C)C)cc(C)c(N(C)C)c2N(C)C)c2c(N(C)C)cc(C)c(N(C)C)c2N(C)C)=C1C. The van der Waals surface area contributed by atoms with Crippen LogP contribution in [0.25, 0.3) is 0 Å². The highest BCUT2D eigenvalue weighted by molar-refractivity contribution is 7.20. The molecule has 3 aromatic carbocycles. The Balaban J connectivity index is 2.89. The molecule has 1 unspecified atom stereocenters. The largest absolute Gasteiger partial charge is 0.378 e. The molecule has 1 aliphatic carbocycles. The maximum absolute atomic E-state index is 3.64. The zero-order chi connectivity index (χ0) is 44.4. The van der Waals surface area contributed by atoms with Gasteiger partial charge in [-0.2, -0.15) is 0 Å². The highest BCUT2D eigenvalue weighted by atomic mass is 28.3. The first-order chi connectivity index (χ1) is 26.7. The Morgan fingerprint density at radius 1 is 0.345 bits per heavy atom.